The van der Waals surface area contributed by atoms with E-state index in [1.165, 1.54) is 25.3 Å². The maximum absolute atomic E-state index is 2.52. The molecule has 0 heterocycles. The lowest BCUT2D eigenvalue weighted by atomic mass is 10.4. The van der Waals surface area contributed by atoms with Gasteiger partial charge in [-0.3, -0.25) is 4.90 Å². The zero-order valence-corrected chi connectivity index (χ0v) is 9.08. The van der Waals surface area contributed by atoms with E-state index in [0.717, 1.165) is 5.37 Å². The van der Waals surface area contributed by atoms with E-state index in [1.807, 2.05) is 0 Å². The first kappa shape index (κ1) is 11.3. The quantitative estimate of drug-likeness (QED) is 0.571. The Labute approximate surface area is 75.5 Å². The van der Waals surface area contributed by atoms with Crippen molar-refractivity contribution in [1.82, 2.24) is 4.90 Å². The van der Waals surface area contributed by atoms with Crippen LogP contribution in [0.25, 0.3) is 0 Å². The average Bonchev–Trinajstić information content (AvgIpc) is 2.05. The Morgan fingerprint density at radius 3 is 1.91 bits per heavy atom. The van der Waals surface area contributed by atoms with E-state index >= 15 is 0 Å². The second-order valence-electron chi connectivity index (χ2n) is 2.54. The molecule has 0 aliphatic heterocycles. The number of thioether (sulfide) groups is 1. The molecule has 2 heteroatoms. The summed E-state index contributed by atoms with van der Waals surface area (Å²) in [5.41, 5.74) is 0. The SMILES string of the molecule is CCSC(CC)N(CC)CC. The average molecular weight is 175 g/mol. The van der Waals surface area contributed by atoms with Crippen LogP contribution in [0.3, 0.4) is 0 Å². The van der Waals surface area contributed by atoms with Crippen molar-refractivity contribution in [3.63, 3.8) is 0 Å². The Hall–Kier alpha value is 0.310. The van der Waals surface area contributed by atoms with Gasteiger partial charge in [-0.25, -0.2) is 0 Å². The maximum atomic E-state index is 2.52. The van der Waals surface area contributed by atoms with Gasteiger partial charge in [0.25, 0.3) is 0 Å². The molecule has 0 aromatic carbocycles. The molecule has 0 spiro atoms. The molecule has 1 atom stereocenters. The third-order valence-corrected chi connectivity index (χ3v) is 3.28. The summed E-state index contributed by atoms with van der Waals surface area (Å²) in [6, 6.07) is 0. The highest BCUT2D eigenvalue weighted by Crippen LogP contribution is 2.17. The molecule has 0 radical (unpaired) electrons. The standard InChI is InChI=1S/C9H21NS/c1-5-9(11-8-4)10(6-2)7-3/h9H,5-8H2,1-4H3. The highest BCUT2D eigenvalue weighted by atomic mass is 32.2. The molecule has 0 aliphatic rings. The van der Waals surface area contributed by atoms with Gasteiger partial charge in [-0.05, 0) is 25.3 Å². The van der Waals surface area contributed by atoms with E-state index in [9.17, 15) is 0 Å². The first-order chi connectivity index (χ1) is 5.29. The summed E-state index contributed by atoms with van der Waals surface area (Å²) in [5.74, 6) is 1.23. The van der Waals surface area contributed by atoms with Crippen molar-refractivity contribution in [2.24, 2.45) is 0 Å². The van der Waals surface area contributed by atoms with Gasteiger partial charge in [0.05, 0.1) is 5.37 Å². The fraction of sp³-hybridized carbons (Fsp3) is 1.00. The second-order valence-corrected chi connectivity index (χ2v) is 3.99. The van der Waals surface area contributed by atoms with Crippen LogP contribution >= 0.6 is 11.8 Å². The fourth-order valence-corrected chi connectivity index (χ4v) is 2.43. The van der Waals surface area contributed by atoms with Gasteiger partial charge in [0, 0.05) is 0 Å². The zero-order valence-electron chi connectivity index (χ0n) is 8.26. The lowest BCUT2D eigenvalue weighted by Gasteiger charge is -2.27. The van der Waals surface area contributed by atoms with Crippen molar-refractivity contribution in [2.75, 3.05) is 18.8 Å². The smallest absolute Gasteiger partial charge is 0.0554 e. The van der Waals surface area contributed by atoms with Gasteiger partial charge in [-0.1, -0.05) is 27.7 Å². The van der Waals surface area contributed by atoms with E-state index in [-0.39, 0.29) is 0 Å². The van der Waals surface area contributed by atoms with Crippen LogP contribution < -0.4 is 0 Å². The first-order valence-electron chi connectivity index (χ1n) is 4.65. The lowest BCUT2D eigenvalue weighted by Crippen LogP contribution is -2.32. The number of nitrogens with zero attached hydrogens (tertiary/aromatic N) is 1. The minimum atomic E-state index is 0.745. The third-order valence-electron chi connectivity index (χ3n) is 1.93. The topological polar surface area (TPSA) is 3.24 Å². The van der Waals surface area contributed by atoms with Gasteiger partial charge in [-0.15, -0.1) is 11.8 Å². The van der Waals surface area contributed by atoms with Crippen molar-refractivity contribution in [1.29, 1.82) is 0 Å². The fourth-order valence-electron chi connectivity index (χ4n) is 1.30. The van der Waals surface area contributed by atoms with Crippen LogP contribution in [0.2, 0.25) is 0 Å². The second kappa shape index (κ2) is 6.99. The molecule has 11 heavy (non-hydrogen) atoms. The van der Waals surface area contributed by atoms with Crippen LogP contribution in [0.4, 0.5) is 0 Å². The van der Waals surface area contributed by atoms with Gasteiger partial charge >= 0.3 is 0 Å². The summed E-state index contributed by atoms with van der Waals surface area (Å²) in [7, 11) is 0. The van der Waals surface area contributed by atoms with E-state index in [4.69, 9.17) is 0 Å². The Morgan fingerprint density at radius 2 is 1.64 bits per heavy atom. The monoisotopic (exact) mass is 175 g/mol. The summed E-state index contributed by atoms with van der Waals surface area (Å²) in [4.78, 5) is 2.52. The number of hydrogen-bond donors (Lipinski definition) is 0. The van der Waals surface area contributed by atoms with E-state index in [1.54, 1.807) is 0 Å². The lowest BCUT2D eigenvalue weighted by molar-refractivity contribution is 0.279. The molecule has 0 saturated heterocycles. The molecule has 0 fully saturated rings. The van der Waals surface area contributed by atoms with Crippen LogP contribution in [0.5, 0.6) is 0 Å². The normalized spacial score (nSPS) is 13.9. The zero-order chi connectivity index (χ0) is 8.69. The molecule has 0 N–H and O–H groups in total. The van der Waals surface area contributed by atoms with Crippen molar-refractivity contribution in [3.8, 4) is 0 Å². The van der Waals surface area contributed by atoms with Crippen molar-refractivity contribution in [2.45, 2.75) is 39.5 Å². The number of hydrogen-bond acceptors (Lipinski definition) is 2. The molecule has 0 aromatic heterocycles. The number of rotatable bonds is 6. The van der Waals surface area contributed by atoms with Crippen LogP contribution in [0.1, 0.15) is 34.1 Å². The molecule has 0 saturated carbocycles. The van der Waals surface area contributed by atoms with Gasteiger partial charge < -0.3 is 0 Å². The molecule has 0 amide bonds. The molecular weight excluding hydrogens is 154 g/mol. The summed E-state index contributed by atoms with van der Waals surface area (Å²) < 4.78 is 0. The van der Waals surface area contributed by atoms with Gasteiger partial charge in [0.2, 0.25) is 0 Å². The molecule has 68 valence electrons. The summed E-state index contributed by atoms with van der Waals surface area (Å²) >= 11 is 2.06. The van der Waals surface area contributed by atoms with Crippen molar-refractivity contribution < 1.29 is 0 Å². The Balaban J connectivity index is 3.76. The van der Waals surface area contributed by atoms with Gasteiger partial charge in [0.1, 0.15) is 0 Å². The van der Waals surface area contributed by atoms with Crippen molar-refractivity contribution >= 4 is 11.8 Å². The van der Waals surface area contributed by atoms with E-state index in [0.29, 0.717) is 0 Å². The minimum Gasteiger partial charge on any atom is -0.292 e. The summed E-state index contributed by atoms with van der Waals surface area (Å²) in [6.45, 7) is 11.3. The van der Waals surface area contributed by atoms with Crippen LogP contribution in [0, 0.1) is 0 Å². The highest BCUT2D eigenvalue weighted by molar-refractivity contribution is 7.99. The van der Waals surface area contributed by atoms with Crippen molar-refractivity contribution in [3.05, 3.63) is 0 Å². The summed E-state index contributed by atoms with van der Waals surface area (Å²) in [5, 5.41) is 0.745. The molecular formula is C9H21NS. The molecule has 0 aromatic rings. The predicted molar refractivity (Wildman–Crippen MR) is 55.1 cm³/mol. The highest BCUT2D eigenvalue weighted by Gasteiger charge is 2.11. The Bertz CT molecular complexity index is 81.6. The van der Waals surface area contributed by atoms with Crippen LogP contribution in [0.15, 0.2) is 0 Å². The molecule has 0 aliphatic carbocycles. The third kappa shape index (κ3) is 4.02. The van der Waals surface area contributed by atoms with E-state index in [2.05, 4.69) is 44.4 Å². The van der Waals surface area contributed by atoms with Crippen LogP contribution in [-0.2, 0) is 0 Å². The van der Waals surface area contributed by atoms with Gasteiger partial charge in [-0.2, -0.15) is 0 Å². The van der Waals surface area contributed by atoms with E-state index < -0.39 is 0 Å². The maximum Gasteiger partial charge on any atom is 0.0554 e. The van der Waals surface area contributed by atoms with Crippen LogP contribution in [-0.4, -0.2) is 29.1 Å². The molecule has 0 bridgehead atoms. The molecule has 1 nitrogen and oxygen atoms in total. The predicted octanol–water partition coefficient (Wildman–Crippen LogP) is 2.82. The largest absolute Gasteiger partial charge is 0.292 e. The molecule has 0 rings (SSSR count). The minimum absolute atomic E-state index is 0.745. The first-order valence-corrected chi connectivity index (χ1v) is 5.70. The Kier molecular flexibility index (Phi) is 7.18. The Morgan fingerprint density at radius 1 is 1.09 bits per heavy atom. The summed E-state index contributed by atoms with van der Waals surface area (Å²) in [6.07, 6.45) is 1.26. The van der Waals surface area contributed by atoms with Gasteiger partial charge in [0.15, 0.2) is 0 Å². The molecule has 1 unspecified atom stereocenters.